The number of carbonyl (C=O) groups excluding carboxylic acids is 1. The average Bonchev–Trinajstić information content (AvgIpc) is 2.53. The molecule has 0 aromatic heterocycles. The molecule has 122 valence electrons. The summed E-state index contributed by atoms with van der Waals surface area (Å²) in [6.45, 7) is 8.13. The topological polar surface area (TPSA) is 58.8 Å². The highest BCUT2D eigenvalue weighted by Gasteiger charge is 2.29. The highest BCUT2D eigenvalue weighted by molar-refractivity contribution is 5.83. The predicted molar refractivity (Wildman–Crippen MR) is 87.6 cm³/mol. The zero-order valence-electron chi connectivity index (χ0n) is 13.8. The molecule has 2 N–H and O–H groups in total. The maximum Gasteiger partial charge on any atom is 0.244 e. The number of hydrogen-bond donors (Lipinski definition) is 1. The molecule has 2 unspecified atom stereocenters. The summed E-state index contributed by atoms with van der Waals surface area (Å²) >= 11 is 0. The van der Waals surface area contributed by atoms with Gasteiger partial charge in [-0.3, -0.25) is 9.69 Å². The van der Waals surface area contributed by atoms with Crippen molar-refractivity contribution in [1.29, 1.82) is 0 Å². The summed E-state index contributed by atoms with van der Waals surface area (Å²) in [5, 5.41) is 0. The van der Waals surface area contributed by atoms with E-state index in [0.29, 0.717) is 6.04 Å². The maximum absolute atomic E-state index is 12.6. The van der Waals surface area contributed by atoms with Gasteiger partial charge in [0.15, 0.2) is 0 Å². The van der Waals surface area contributed by atoms with Gasteiger partial charge >= 0.3 is 0 Å². The first-order chi connectivity index (χ1) is 10.5. The fourth-order valence-corrected chi connectivity index (χ4v) is 2.85. The number of rotatable bonds is 5. The van der Waals surface area contributed by atoms with Crippen LogP contribution in [0.4, 0.5) is 0 Å². The molecule has 5 nitrogen and oxygen atoms in total. The van der Waals surface area contributed by atoms with E-state index < -0.39 is 6.04 Å². The lowest BCUT2D eigenvalue weighted by atomic mass is 10.0. The summed E-state index contributed by atoms with van der Waals surface area (Å²) in [6, 6.07) is 7.63. The van der Waals surface area contributed by atoms with E-state index in [0.717, 1.165) is 38.3 Å². The Morgan fingerprint density at radius 1 is 1.36 bits per heavy atom. The molecule has 2 rings (SSSR count). The molecular weight excluding hydrogens is 278 g/mol. The highest BCUT2D eigenvalue weighted by Crippen LogP contribution is 2.17. The van der Waals surface area contributed by atoms with Crippen LogP contribution in [0.5, 0.6) is 0 Å². The van der Waals surface area contributed by atoms with Gasteiger partial charge in [0.1, 0.15) is 6.04 Å². The lowest BCUT2D eigenvalue weighted by molar-refractivity contribution is -0.135. The standard InChI is InChI=1S/C17H27N3O2/c1-13-4-6-15(7-5-13)16(18)17(21)20-9-8-19(10-11-22-3)14(2)12-20/h4-7,14,16H,8-12,18H2,1-3H3. The zero-order chi connectivity index (χ0) is 16.1. The molecule has 2 atom stereocenters. The second kappa shape index (κ2) is 7.72. The van der Waals surface area contributed by atoms with Crippen molar-refractivity contribution < 1.29 is 9.53 Å². The molecule has 0 radical (unpaired) electrons. The minimum Gasteiger partial charge on any atom is -0.383 e. The average molecular weight is 305 g/mol. The van der Waals surface area contributed by atoms with E-state index in [-0.39, 0.29) is 5.91 Å². The molecule has 1 saturated heterocycles. The Morgan fingerprint density at radius 2 is 2.05 bits per heavy atom. The van der Waals surface area contributed by atoms with Crippen LogP contribution in [-0.4, -0.2) is 61.6 Å². The number of ether oxygens (including phenoxy) is 1. The van der Waals surface area contributed by atoms with Crippen molar-refractivity contribution in [3.8, 4) is 0 Å². The van der Waals surface area contributed by atoms with Crippen molar-refractivity contribution in [3.63, 3.8) is 0 Å². The van der Waals surface area contributed by atoms with E-state index in [1.54, 1.807) is 7.11 Å². The van der Waals surface area contributed by atoms with Crippen molar-refractivity contribution in [2.24, 2.45) is 5.73 Å². The number of benzene rings is 1. The van der Waals surface area contributed by atoms with E-state index in [1.807, 2.05) is 36.1 Å². The van der Waals surface area contributed by atoms with Gasteiger partial charge in [-0.05, 0) is 19.4 Å². The Bertz CT molecular complexity index is 489. The van der Waals surface area contributed by atoms with Gasteiger partial charge in [-0.25, -0.2) is 0 Å². The molecule has 1 aliphatic rings. The molecule has 22 heavy (non-hydrogen) atoms. The van der Waals surface area contributed by atoms with E-state index in [4.69, 9.17) is 10.5 Å². The van der Waals surface area contributed by atoms with Gasteiger partial charge in [-0.2, -0.15) is 0 Å². The summed E-state index contributed by atoms with van der Waals surface area (Å²) in [7, 11) is 1.71. The SMILES string of the molecule is COCCN1CCN(C(=O)C(N)c2ccc(C)cc2)CC1C. The van der Waals surface area contributed by atoms with E-state index >= 15 is 0 Å². The van der Waals surface area contributed by atoms with Gasteiger partial charge in [0, 0.05) is 39.3 Å². The number of methoxy groups -OCH3 is 1. The summed E-state index contributed by atoms with van der Waals surface area (Å²) in [5.41, 5.74) is 8.20. The summed E-state index contributed by atoms with van der Waals surface area (Å²) < 4.78 is 5.13. The van der Waals surface area contributed by atoms with Crippen LogP contribution in [0.25, 0.3) is 0 Å². The third-order valence-corrected chi connectivity index (χ3v) is 4.36. The van der Waals surface area contributed by atoms with Gasteiger partial charge in [-0.1, -0.05) is 29.8 Å². The molecule has 1 heterocycles. The largest absolute Gasteiger partial charge is 0.383 e. The fourth-order valence-electron chi connectivity index (χ4n) is 2.85. The molecule has 1 amide bonds. The predicted octanol–water partition coefficient (Wildman–Crippen LogP) is 1.17. The molecule has 1 fully saturated rings. The Hall–Kier alpha value is -1.43. The van der Waals surface area contributed by atoms with Crippen molar-refractivity contribution >= 4 is 5.91 Å². The van der Waals surface area contributed by atoms with Crippen molar-refractivity contribution in [2.75, 3.05) is 39.9 Å². The fraction of sp³-hybridized carbons (Fsp3) is 0.588. The maximum atomic E-state index is 12.6. The van der Waals surface area contributed by atoms with E-state index in [1.165, 1.54) is 5.56 Å². The molecule has 1 aromatic rings. The number of carbonyl (C=O) groups is 1. The lowest BCUT2D eigenvalue weighted by Gasteiger charge is -2.40. The highest BCUT2D eigenvalue weighted by atomic mass is 16.5. The number of amides is 1. The quantitative estimate of drug-likeness (QED) is 0.887. The number of hydrogen-bond acceptors (Lipinski definition) is 4. The van der Waals surface area contributed by atoms with E-state index in [9.17, 15) is 4.79 Å². The molecule has 0 aliphatic carbocycles. The van der Waals surface area contributed by atoms with Crippen LogP contribution in [0.3, 0.4) is 0 Å². The molecule has 1 aliphatic heterocycles. The van der Waals surface area contributed by atoms with Gasteiger partial charge < -0.3 is 15.4 Å². The van der Waals surface area contributed by atoms with Crippen LogP contribution in [0.1, 0.15) is 24.1 Å². The third kappa shape index (κ3) is 4.06. The summed E-state index contributed by atoms with van der Waals surface area (Å²) in [6.07, 6.45) is 0. The third-order valence-electron chi connectivity index (χ3n) is 4.36. The normalized spacial score (nSPS) is 20.9. The first-order valence-electron chi connectivity index (χ1n) is 7.87. The van der Waals surface area contributed by atoms with Crippen molar-refractivity contribution in [1.82, 2.24) is 9.80 Å². The lowest BCUT2D eigenvalue weighted by Crippen LogP contribution is -2.55. The Kier molecular flexibility index (Phi) is 5.94. The van der Waals surface area contributed by atoms with Crippen molar-refractivity contribution in [3.05, 3.63) is 35.4 Å². The first kappa shape index (κ1) is 16.9. The molecule has 0 saturated carbocycles. The van der Waals surface area contributed by atoms with Crippen LogP contribution < -0.4 is 5.73 Å². The smallest absolute Gasteiger partial charge is 0.244 e. The number of nitrogens with two attached hydrogens (primary N) is 1. The Labute approximate surface area is 133 Å². The first-order valence-corrected chi connectivity index (χ1v) is 7.87. The minimum absolute atomic E-state index is 0.0158. The summed E-state index contributed by atoms with van der Waals surface area (Å²) in [4.78, 5) is 16.8. The minimum atomic E-state index is -0.571. The van der Waals surface area contributed by atoms with Gasteiger partial charge in [0.25, 0.3) is 0 Å². The molecule has 0 spiro atoms. The van der Waals surface area contributed by atoms with Gasteiger partial charge in [0.2, 0.25) is 5.91 Å². The zero-order valence-corrected chi connectivity index (χ0v) is 13.8. The van der Waals surface area contributed by atoms with Crippen LogP contribution in [0.2, 0.25) is 0 Å². The van der Waals surface area contributed by atoms with Gasteiger partial charge in [-0.15, -0.1) is 0 Å². The van der Waals surface area contributed by atoms with Crippen LogP contribution >= 0.6 is 0 Å². The van der Waals surface area contributed by atoms with Crippen molar-refractivity contribution in [2.45, 2.75) is 25.9 Å². The van der Waals surface area contributed by atoms with Gasteiger partial charge in [0.05, 0.1) is 6.61 Å². The second-order valence-corrected chi connectivity index (χ2v) is 6.05. The van der Waals surface area contributed by atoms with Crippen LogP contribution in [0.15, 0.2) is 24.3 Å². The number of nitrogens with zero attached hydrogens (tertiary/aromatic N) is 2. The number of piperazine rings is 1. The van der Waals surface area contributed by atoms with E-state index in [2.05, 4.69) is 11.8 Å². The Morgan fingerprint density at radius 3 is 2.64 bits per heavy atom. The number of aryl methyl sites for hydroxylation is 1. The molecule has 1 aromatic carbocycles. The molecular formula is C17H27N3O2. The second-order valence-electron chi connectivity index (χ2n) is 6.05. The molecule has 5 heteroatoms. The molecule has 0 bridgehead atoms. The Balaban J connectivity index is 1.94. The van der Waals surface area contributed by atoms with Crippen LogP contribution in [0, 0.1) is 6.92 Å². The van der Waals surface area contributed by atoms with Crippen LogP contribution in [-0.2, 0) is 9.53 Å². The summed E-state index contributed by atoms with van der Waals surface area (Å²) in [5.74, 6) is 0.0158. The monoisotopic (exact) mass is 305 g/mol.